The van der Waals surface area contributed by atoms with E-state index in [4.69, 9.17) is 5.11 Å². The zero-order chi connectivity index (χ0) is 8.27. The predicted molar refractivity (Wildman–Crippen MR) is 46.5 cm³/mol. The van der Waals surface area contributed by atoms with Gasteiger partial charge in [-0.2, -0.15) is 0 Å². The Morgan fingerprint density at radius 1 is 1.55 bits per heavy atom. The standard InChI is InChI=1S/C9H19NO/c1-7-3-4-9(5-7)10-8(2)6-11/h7-11H,3-6H2,1-2H3/t7?,8-,9?/m1/s1. The Balaban J connectivity index is 2.17. The minimum Gasteiger partial charge on any atom is -0.395 e. The Bertz CT molecular complexity index is 116. The van der Waals surface area contributed by atoms with Crippen molar-refractivity contribution < 1.29 is 5.11 Å². The highest BCUT2D eigenvalue weighted by atomic mass is 16.3. The molecule has 2 nitrogen and oxygen atoms in total. The van der Waals surface area contributed by atoms with Gasteiger partial charge in [0.25, 0.3) is 0 Å². The maximum atomic E-state index is 8.80. The van der Waals surface area contributed by atoms with Gasteiger partial charge in [-0.3, -0.25) is 0 Å². The summed E-state index contributed by atoms with van der Waals surface area (Å²) in [6, 6.07) is 0.928. The molecule has 2 heteroatoms. The highest BCUT2D eigenvalue weighted by Crippen LogP contribution is 2.24. The molecule has 1 saturated carbocycles. The number of aliphatic hydroxyl groups is 1. The Labute approximate surface area is 69.0 Å². The molecule has 1 aliphatic carbocycles. The lowest BCUT2D eigenvalue weighted by Gasteiger charge is -2.16. The molecule has 0 aromatic carbocycles. The van der Waals surface area contributed by atoms with E-state index >= 15 is 0 Å². The van der Waals surface area contributed by atoms with E-state index in [0.29, 0.717) is 6.04 Å². The molecule has 0 saturated heterocycles. The zero-order valence-electron chi connectivity index (χ0n) is 7.51. The molecule has 0 radical (unpaired) electrons. The van der Waals surface area contributed by atoms with Crippen LogP contribution in [0.3, 0.4) is 0 Å². The van der Waals surface area contributed by atoms with E-state index in [0.717, 1.165) is 5.92 Å². The zero-order valence-corrected chi connectivity index (χ0v) is 7.51. The molecule has 3 atom stereocenters. The molecule has 0 amide bonds. The van der Waals surface area contributed by atoms with Gasteiger partial charge >= 0.3 is 0 Å². The molecule has 1 fully saturated rings. The third-order valence-corrected chi connectivity index (χ3v) is 2.49. The fraction of sp³-hybridized carbons (Fsp3) is 1.00. The highest BCUT2D eigenvalue weighted by molar-refractivity contribution is 4.80. The van der Waals surface area contributed by atoms with Gasteiger partial charge in [-0.25, -0.2) is 0 Å². The molecular formula is C9H19NO. The Hall–Kier alpha value is -0.0800. The first-order valence-electron chi connectivity index (χ1n) is 4.59. The van der Waals surface area contributed by atoms with Gasteiger partial charge in [0.2, 0.25) is 0 Å². The van der Waals surface area contributed by atoms with Crippen molar-refractivity contribution in [3.63, 3.8) is 0 Å². The van der Waals surface area contributed by atoms with E-state index in [2.05, 4.69) is 12.2 Å². The maximum absolute atomic E-state index is 8.80. The first kappa shape index (κ1) is 9.01. The van der Waals surface area contributed by atoms with Crippen LogP contribution < -0.4 is 5.32 Å². The van der Waals surface area contributed by atoms with Gasteiger partial charge in [-0.15, -0.1) is 0 Å². The molecule has 2 N–H and O–H groups in total. The van der Waals surface area contributed by atoms with Gasteiger partial charge in [0, 0.05) is 12.1 Å². The first-order valence-corrected chi connectivity index (χ1v) is 4.59. The number of aliphatic hydroxyl groups excluding tert-OH is 1. The summed E-state index contributed by atoms with van der Waals surface area (Å²) in [4.78, 5) is 0. The minimum absolute atomic E-state index is 0.255. The van der Waals surface area contributed by atoms with Crippen LogP contribution in [0.4, 0.5) is 0 Å². The number of nitrogens with one attached hydrogen (secondary N) is 1. The normalized spacial score (nSPS) is 34.1. The molecule has 1 aliphatic rings. The van der Waals surface area contributed by atoms with Crippen LogP contribution in [0.25, 0.3) is 0 Å². The van der Waals surface area contributed by atoms with E-state index in [-0.39, 0.29) is 12.6 Å². The fourth-order valence-electron chi connectivity index (χ4n) is 1.81. The van der Waals surface area contributed by atoms with Gasteiger partial charge in [0.1, 0.15) is 0 Å². The largest absolute Gasteiger partial charge is 0.395 e. The van der Waals surface area contributed by atoms with Crippen molar-refractivity contribution in [2.75, 3.05) is 6.61 Å². The molecule has 0 aromatic rings. The Morgan fingerprint density at radius 2 is 2.27 bits per heavy atom. The monoisotopic (exact) mass is 157 g/mol. The molecule has 0 aliphatic heterocycles. The van der Waals surface area contributed by atoms with Gasteiger partial charge in [-0.05, 0) is 32.1 Å². The van der Waals surface area contributed by atoms with Gasteiger partial charge < -0.3 is 10.4 Å². The van der Waals surface area contributed by atoms with E-state index < -0.39 is 0 Å². The van der Waals surface area contributed by atoms with Gasteiger partial charge in [-0.1, -0.05) is 6.92 Å². The van der Waals surface area contributed by atoms with Crippen LogP contribution in [0.2, 0.25) is 0 Å². The highest BCUT2D eigenvalue weighted by Gasteiger charge is 2.21. The summed E-state index contributed by atoms with van der Waals surface area (Å²) in [6.45, 7) is 4.58. The van der Waals surface area contributed by atoms with Crippen molar-refractivity contribution in [3.8, 4) is 0 Å². The lowest BCUT2D eigenvalue weighted by Crippen LogP contribution is -2.37. The van der Waals surface area contributed by atoms with E-state index in [9.17, 15) is 0 Å². The smallest absolute Gasteiger partial charge is 0.0582 e. The third-order valence-electron chi connectivity index (χ3n) is 2.49. The third kappa shape index (κ3) is 2.80. The van der Waals surface area contributed by atoms with Crippen molar-refractivity contribution in [2.24, 2.45) is 5.92 Å². The molecule has 1 rings (SSSR count). The maximum Gasteiger partial charge on any atom is 0.0582 e. The second kappa shape index (κ2) is 4.07. The second-order valence-electron chi connectivity index (χ2n) is 3.87. The van der Waals surface area contributed by atoms with Crippen molar-refractivity contribution in [3.05, 3.63) is 0 Å². The van der Waals surface area contributed by atoms with E-state index in [1.165, 1.54) is 19.3 Å². The van der Waals surface area contributed by atoms with E-state index in [1.54, 1.807) is 0 Å². The Morgan fingerprint density at radius 3 is 2.73 bits per heavy atom. The Kier molecular flexibility index (Phi) is 3.34. The number of hydrogen-bond acceptors (Lipinski definition) is 2. The molecule has 0 aromatic heterocycles. The summed E-state index contributed by atoms with van der Waals surface area (Å²) in [5, 5.41) is 12.2. The number of hydrogen-bond donors (Lipinski definition) is 2. The van der Waals surface area contributed by atoms with Crippen molar-refractivity contribution in [2.45, 2.75) is 45.2 Å². The SMILES string of the molecule is CC1CCC(N[C@H](C)CO)C1. The first-order chi connectivity index (χ1) is 5.22. The summed E-state index contributed by atoms with van der Waals surface area (Å²) < 4.78 is 0. The van der Waals surface area contributed by atoms with Crippen LogP contribution in [-0.2, 0) is 0 Å². The topological polar surface area (TPSA) is 32.3 Å². The molecule has 11 heavy (non-hydrogen) atoms. The lowest BCUT2D eigenvalue weighted by molar-refractivity contribution is 0.240. The van der Waals surface area contributed by atoms with Crippen LogP contribution >= 0.6 is 0 Å². The molecule has 0 spiro atoms. The average Bonchev–Trinajstić information content (AvgIpc) is 2.35. The molecule has 66 valence electrons. The quantitative estimate of drug-likeness (QED) is 0.644. The predicted octanol–water partition coefficient (Wildman–Crippen LogP) is 1.15. The van der Waals surface area contributed by atoms with Gasteiger partial charge in [0.05, 0.1) is 6.61 Å². The van der Waals surface area contributed by atoms with Crippen molar-refractivity contribution >= 4 is 0 Å². The van der Waals surface area contributed by atoms with Crippen molar-refractivity contribution in [1.29, 1.82) is 0 Å². The average molecular weight is 157 g/mol. The summed E-state index contributed by atoms with van der Waals surface area (Å²) in [6.07, 6.45) is 3.91. The fourth-order valence-corrected chi connectivity index (χ4v) is 1.81. The van der Waals surface area contributed by atoms with E-state index in [1.807, 2.05) is 6.92 Å². The van der Waals surface area contributed by atoms with Crippen LogP contribution in [-0.4, -0.2) is 23.8 Å². The minimum atomic E-state index is 0.255. The van der Waals surface area contributed by atoms with Gasteiger partial charge in [0.15, 0.2) is 0 Å². The molecule has 0 heterocycles. The lowest BCUT2D eigenvalue weighted by atomic mass is 10.1. The number of rotatable bonds is 3. The molecule has 2 unspecified atom stereocenters. The summed E-state index contributed by atoms with van der Waals surface area (Å²) in [5.74, 6) is 0.874. The van der Waals surface area contributed by atoms with Crippen molar-refractivity contribution in [1.82, 2.24) is 5.32 Å². The van der Waals surface area contributed by atoms with Crippen LogP contribution in [0.15, 0.2) is 0 Å². The summed E-state index contributed by atoms with van der Waals surface area (Å²) in [7, 11) is 0. The molecular weight excluding hydrogens is 138 g/mol. The summed E-state index contributed by atoms with van der Waals surface area (Å²) in [5.41, 5.74) is 0. The molecule has 0 bridgehead atoms. The van der Waals surface area contributed by atoms with Crippen LogP contribution in [0.5, 0.6) is 0 Å². The second-order valence-corrected chi connectivity index (χ2v) is 3.87. The summed E-state index contributed by atoms with van der Waals surface area (Å²) >= 11 is 0. The van der Waals surface area contributed by atoms with Crippen LogP contribution in [0.1, 0.15) is 33.1 Å². The van der Waals surface area contributed by atoms with Crippen LogP contribution in [0, 0.1) is 5.92 Å².